The average Bonchev–Trinajstić information content (AvgIpc) is 2.33. The SMILES string of the molecule is O=C1CCCC23CCCC2CC13. The molecule has 3 aliphatic rings. The lowest BCUT2D eigenvalue weighted by Crippen LogP contribution is -2.51. The standard InChI is InChI=1S/C11H16O/c12-10-4-2-6-11-5-1-3-8(11)7-9(10)11/h8-9H,1-7H2. The van der Waals surface area contributed by atoms with Crippen molar-refractivity contribution in [2.24, 2.45) is 17.3 Å². The Morgan fingerprint density at radius 1 is 1.25 bits per heavy atom. The van der Waals surface area contributed by atoms with E-state index in [4.69, 9.17) is 0 Å². The van der Waals surface area contributed by atoms with Crippen molar-refractivity contribution in [3.8, 4) is 0 Å². The predicted molar refractivity (Wildman–Crippen MR) is 46.7 cm³/mol. The normalized spacial score (nSPS) is 51.2. The molecule has 3 aliphatic carbocycles. The number of ketones is 1. The van der Waals surface area contributed by atoms with Gasteiger partial charge in [-0.1, -0.05) is 6.42 Å². The molecule has 1 heteroatoms. The van der Waals surface area contributed by atoms with Crippen LogP contribution in [0.4, 0.5) is 0 Å². The first-order valence-corrected chi connectivity index (χ1v) is 5.36. The Kier molecular flexibility index (Phi) is 1.26. The fourth-order valence-corrected chi connectivity index (χ4v) is 4.06. The van der Waals surface area contributed by atoms with Crippen molar-refractivity contribution in [3.05, 3.63) is 0 Å². The molecule has 3 atom stereocenters. The molecule has 0 heterocycles. The quantitative estimate of drug-likeness (QED) is 0.537. The van der Waals surface area contributed by atoms with Gasteiger partial charge in [-0.25, -0.2) is 0 Å². The lowest BCUT2D eigenvalue weighted by molar-refractivity contribution is -0.146. The molecular weight excluding hydrogens is 148 g/mol. The Hall–Kier alpha value is -0.330. The average molecular weight is 164 g/mol. The Bertz CT molecular complexity index is 233. The number of carbonyl (C=O) groups is 1. The first-order chi connectivity index (χ1) is 5.83. The van der Waals surface area contributed by atoms with Gasteiger partial charge in [0.25, 0.3) is 0 Å². The van der Waals surface area contributed by atoms with Crippen LogP contribution in [0.5, 0.6) is 0 Å². The van der Waals surface area contributed by atoms with E-state index in [2.05, 4.69) is 0 Å². The molecule has 0 aromatic heterocycles. The summed E-state index contributed by atoms with van der Waals surface area (Å²) in [5, 5.41) is 0. The van der Waals surface area contributed by atoms with Crippen LogP contribution in [0.2, 0.25) is 0 Å². The summed E-state index contributed by atoms with van der Waals surface area (Å²) in [5.74, 6) is 2.06. The van der Waals surface area contributed by atoms with Gasteiger partial charge in [-0.15, -0.1) is 0 Å². The van der Waals surface area contributed by atoms with Crippen LogP contribution in [0.3, 0.4) is 0 Å². The van der Waals surface area contributed by atoms with E-state index in [-0.39, 0.29) is 0 Å². The molecule has 3 unspecified atom stereocenters. The zero-order valence-electron chi connectivity index (χ0n) is 7.51. The third-order valence-corrected chi connectivity index (χ3v) is 4.68. The highest BCUT2D eigenvalue weighted by Gasteiger charge is 2.60. The van der Waals surface area contributed by atoms with E-state index in [1.807, 2.05) is 0 Å². The van der Waals surface area contributed by atoms with Gasteiger partial charge in [0.05, 0.1) is 0 Å². The summed E-state index contributed by atoms with van der Waals surface area (Å²) in [6.07, 6.45) is 8.88. The number of hydrogen-bond acceptors (Lipinski definition) is 1. The van der Waals surface area contributed by atoms with Crippen LogP contribution in [0.25, 0.3) is 0 Å². The number of rotatable bonds is 0. The third kappa shape index (κ3) is 0.641. The Labute approximate surface area is 73.5 Å². The first kappa shape index (κ1) is 7.11. The maximum atomic E-state index is 11.6. The van der Waals surface area contributed by atoms with E-state index in [9.17, 15) is 4.79 Å². The van der Waals surface area contributed by atoms with Crippen LogP contribution < -0.4 is 0 Å². The van der Waals surface area contributed by atoms with Crippen LogP contribution in [0.15, 0.2) is 0 Å². The number of hydrogen-bond donors (Lipinski definition) is 0. The van der Waals surface area contributed by atoms with Crippen molar-refractivity contribution >= 4 is 5.78 Å². The highest BCUT2D eigenvalue weighted by molar-refractivity contribution is 5.84. The molecule has 66 valence electrons. The highest BCUT2D eigenvalue weighted by atomic mass is 16.1. The Balaban J connectivity index is 1.92. The Morgan fingerprint density at radius 2 is 2.08 bits per heavy atom. The summed E-state index contributed by atoms with van der Waals surface area (Å²) in [7, 11) is 0. The predicted octanol–water partition coefficient (Wildman–Crippen LogP) is 2.55. The summed E-state index contributed by atoms with van der Waals surface area (Å²) in [6, 6.07) is 0. The number of Topliss-reactive ketones (excluding diaryl/α,β-unsaturated/α-hetero) is 1. The highest BCUT2D eigenvalue weighted by Crippen LogP contribution is 2.65. The van der Waals surface area contributed by atoms with Gasteiger partial charge in [-0.2, -0.15) is 0 Å². The van der Waals surface area contributed by atoms with E-state index < -0.39 is 0 Å². The van der Waals surface area contributed by atoms with E-state index in [1.54, 1.807) is 0 Å². The molecular formula is C11H16O. The molecule has 0 amide bonds. The van der Waals surface area contributed by atoms with Gasteiger partial charge < -0.3 is 0 Å². The van der Waals surface area contributed by atoms with Crippen LogP contribution >= 0.6 is 0 Å². The van der Waals surface area contributed by atoms with Crippen molar-refractivity contribution in [2.75, 3.05) is 0 Å². The van der Waals surface area contributed by atoms with Gasteiger partial charge in [-0.3, -0.25) is 4.79 Å². The minimum absolute atomic E-state index is 0.513. The molecule has 0 bridgehead atoms. The second-order valence-electron chi connectivity index (χ2n) is 4.93. The molecule has 0 aromatic rings. The van der Waals surface area contributed by atoms with Gasteiger partial charge in [0.2, 0.25) is 0 Å². The van der Waals surface area contributed by atoms with Crippen molar-refractivity contribution in [2.45, 2.75) is 44.9 Å². The lowest BCUT2D eigenvalue weighted by atomic mass is 9.49. The van der Waals surface area contributed by atoms with Crippen molar-refractivity contribution in [3.63, 3.8) is 0 Å². The van der Waals surface area contributed by atoms with Crippen LogP contribution in [0.1, 0.15) is 44.9 Å². The maximum Gasteiger partial charge on any atom is 0.136 e. The molecule has 1 spiro atoms. The van der Waals surface area contributed by atoms with Crippen LogP contribution in [-0.4, -0.2) is 5.78 Å². The minimum atomic E-state index is 0.513. The molecule has 3 saturated carbocycles. The van der Waals surface area contributed by atoms with Gasteiger partial charge in [0, 0.05) is 12.3 Å². The van der Waals surface area contributed by atoms with Crippen molar-refractivity contribution in [1.29, 1.82) is 0 Å². The summed E-state index contributed by atoms with van der Waals surface area (Å²) >= 11 is 0. The van der Waals surface area contributed by atoms with E-state index >= 15 is 0 Å². The molecule has 0 aromatic carbocycles. The van der Waals surface area contributed by atoms with Gasteiger partial charge in [-0.05, 0) is 43.4 Å². The van der Waals surface area contributed by atoms with Crippen LogP contribution in [0, 0.1) is 17.3 Å². The topological polar surface area (TPSA) is 17.1 Å². The molecule has 3 fully saturated rings. The fourth-order valence-electron chi connectivity index (χ4n) is 4.06. The first-order valence-electron chi connectivity index (χ1n) is 5.36. The molecule has 0 saturated heterocycles. The van der Waals surface area contributed by atoms with Gasteiger partial charge >= 0.3 is 0 Å². The van der Waals surface area contributed by atoms with E-state index in [0.29, 0.717) is 17.1 Å². The minimum Gasteiger partial charge on any atom is -0.299 e. The summed E-state index contributed by atoms with van der Waals surface area (Å²) in [5.41, 5.74) is 0.551. The number of carbonyl (C=O) groups excluding carboxylic acids is 1. The zero-order chi connectivity index (χ0) is 8.18. The molecule has 0 radical (unpaired) electrons. The summed E-state index contributed by atoms with van der Waals surface area (Å²) in [4.78, 5) is 11.6. The van der Waals surface area contributed by atoms with Gasteiger partial charge in [0.1, 0.15) is 5.78 Å². The molecule has 0 aliphatic heterocycles. The smallest absolute Gasteiger partial charge is 0.136 e. The third-order valence-electron chi connectivity index (χ3n) is 4.68. The van der Waals surface area contributed by atoms with Crippen LogP contribution in [-0.2, 0) is 4.79 Å². The maximum absolute atomic E-state index is 11.6. The Morgan fingerprint density at radius 3 is 2.92 bits per heavy atom. The summed E-state index contributed by atoms with van der Waals surface area (Å²) < 4.78 is 0. The molecule has 3 rings (SSSR count). The monoisotopic (exact) mass is 164 g/mol. The largest absolute Gasteiger partial charge is 0.299 e. The van der Waals surface area contributed by atoms with Crippen molar-refractivity contribution < 1.29 is 4.79 Å². The van der Waals surface area contributed by atoms with E-state index in [1.165, 1.54) is 38.5 Å². The summed E-state index contributed by atoms with van der Waals surface area (Å²) in [6.45, 7) is 0. The lowest BCUT2D eigenvalue weighted by Gasteiger charge is -2.54. The molecule has 0 N–H and O–H groups in total. The molecule has 12 heavy (non-hydrogen) atoms. The molecule has 1 nitrogen and oxygen atoms in total. The second kappa shape index (κ2) is 2.12. The zero-order valence-corrected chi connectivity index (χ0v) is 7.51. The second-order valence-corrected chi connectivity index (χ2v) is 4.93. The van der Waals surface area contributed by atoms with Crippen molar-refractivity contribution in [1.82, 2.24) is 0 Å². The van der Waals surface area contributed by atoms with Gasteiger partial charge in [0.15, 0.2) is 0 Å². The fraction of sp³-hybridized carbons (Fsp3) is 0.909. The van der Waals surface area contributed by atoms with E-state index in [0.717, 1.165) is 12.3 Å².